The normalized spacial score (nSPS) is 12.2. The molecule has 2 N–H and O–H groups in total. The lowest BCUT2D eigenvalue weighted by molar-refractivity contribution is -0.118. The van der Waals surface area contributed by atoms with Crippen molar-refractivity contribution in [2.45, 2.75) is 57.6 Å². The Morgan fingerprint density at radius 2 is 1.87 bits per heavy atom. The highest BCUT2D eigenvalue weighted by Crippen LogP contribution is 2.33. The van der Waals surface area contributed by atoms with Gasteiger partial charge in [0, 0.05) is 28.1 Å². The second kappa shape index (κ2) is 10.9. The number of thioether (sulfide) groups is 1. The Morgan fingerprint density at radius 3 is 2.48 bits per heavy atom. The lowest BCUT2D eigenvalue weighted by Crippen LogP contribution is -2.25. The SMILES string of the molecule is CCC(Sc1cccc(NC(=O)CC(C)(C)C)c1)C(=O)Nc1cc(C)c(Cl)cc1OC. The van der Waals surface area contributed by atoms with Crippen LogP contribution in [0.3, 0.4) is 0 Å². The summed E-state index contributed by atoms with van der Waals surface area (Å²) >= 11 is 7.62. The number of nitrogens with one attached hydrogen (secondary N) is 2. The number of hydrogen-bond acceptors (Lipinski definition) is 4. The molecule has 1 atom stereocenters. The highest BCUT2D eigenvalue weighted by Gasteiger charge is 2.21. The maximum absolute atomic E-state index is 12.9. The Labute approximate surface area is 194 Å². The quantitative estimate of drug-likeness (QED) is 0.437. The van der Waals surface area contributed by atoms with Gasteiger partial charge in [-0.2, -0.15) is 0 Å². The van der Waals surface area contributed by atoms with Crippen LogP contribution in [0.4, 0.5) is 11.4 Å². The molecule has 1 unspecified atom stereocenters. The van der Waals surface area contributed by atoms with Crippen molar-refractivity contribution in [2.75, 3.05) is 17.7 Å². The molecule has 2 amide bonds. The van der Waals surface area contributed by atoms with Crippen LogP contribution < -0.4 is 15.4 Å². The maximum Gasteiger partial charge on any atom is 0.237 e. The number of ether oxygens (including phenoxy) is 1. The molecular formula is C24H31ClN2O3S. The van der Waals surface area contributed by atoms with Crippen LogP contribution in [-0.2, 0) is 9.59 Å². The van der Waals surface area contributed by atoms with Crippen LogP contribution in [0.1, 0.15) is 46.1 Å². The number of halogens is 1. The molecule has 0 aliphatic heterocycles. The zero-order valence-corrected chi connectivity index (χ0v) is 20.5. The van der Waals surface area contributed by atoms with Gasteiger partial charge in [-0.15, -0.1) is 11.8 Å². The topological polar surface area (TPSA) is 67.4 Å². The van der Waals surface area contributed by atoms with Crippen molar-refractivity contribution in [3.8, 4) is 5.75 Å². The minimum atomic E-state index is -0.304. The number of hydrogen-bond donors (Lipinski definition) is 2. The fraction of sp³-hybridized carbons (Fsp3) is 0.417. The molecule has 0 aromatic heterocycles. The van der Waals surface area contributed by atoms with Gasteiger partial charge in [-0.3, -0.25) is 9.59 Å². The van der Waals surface area contributed by atoms with Gasteiger partial charge >= 0.3 is 0 Å². The van der Waals surface area contributed by atoms with Gasteiger partial charge in [0.15, 0.2) is 0 Å². The van der Waals surface area contributed by atoms with Gasteiger partial charge in [0.1, 0.15) is 5.75 Å². The monoisotopic (exact) mass is 462 g/mol. The van der Waals surface area contributed by atoms with Crippen molar-refractivity contribution in [3.63, 3.8) is 0 Å². The number of carbonyl (C=O) groups excluding carboxylic acids is 2. The summed E-state index contributed by atoms with van der Waals surface area (Å²) < 4.78 is 5.35. The van der Waals surface area contributed by atoms with Crippen LogP contribution in [0.5, 0.6) is 5.75 Å². The van der Waals surface area contributed by atoms with Crippen LogP contribution in [0.25, 0.3) is 0 Å². The number of carbonyl (C=O) groups is 2. The van der Waals surface area contributed by atoms with Gasteiger partial charge in [-0.25, -0.2) is 0 Å². The first kappa shape index (κ1) is 25.1. The van der Waals surface area contributed by atoms with Gasteiger partial charge < -0.3 is 15.4 Å². The molecule has 0 aliphatic carbocycles. The Kier molecular flexibility index (Phi) is 8.83. The molecule has 0 aliphatic rings. The highest BCUT2D eigenvalue weighted by molar-refractivity contribution is 8.00. The summed E-state index contributed by atoms with van der Waals surface area (Å²) in [5.41, 5.74) is 2.10. The Balaban J connectivity index is 2.10. The van der Waals surface area contributed by atoms with Crippen molar-refractivity contribution in [3.05, 3.63) is 47.0 Å². The summed E-state index contributed by atoms with van der Waals surface area (Å²) in [5, 5.41) is 6.18. The lowest BCUT2D eigenvalue weighted by atomic mass is 9.92. The average molecular weight is 463 g/mol. The smallest absolute Gasteiger partial charge is 0.237 e. The number of benzene rings is 2. The summed E-state index contributed by atoms with van der Waals surface area (Å²) in [6.07, 6.45) is 1.08. The lowest BCUT2D eigenvalue weighted by Gasteiger charge is -2.18. The van der Waals surface area contributed by atoms with E-state index in [-0.39, 0.29) is 22.5 Å². The molecule has 0 spiro atoms. The Hall–Kier alpha value is -2.18. The molecule has 2 rings (SSSR count). The molecule has 0 heterocycles. The minimum absolute atomic E-state index is 0.0235. The van der Waals surface area contributed by atoms with E-state index in [1.165, 1.54) is 11.8 Å². The molecule has 0 saturated carbocycles. The van der Waals surface area contributed by atoms with Crippen molar-refractivity contribution in [2.24, 2.45) is 5.41 Å². The summed E-state index contributed by atoms with van der Waals surface area (Å²) in [6.45, 7) is 9.93. The first-order chi connectivity index (χ1) is 14.5. The van der Waals surface area contributed by atoms with Gasteiger partial charge in [0.05, 0.1) is 18.0 Å². The number of amides is 2. The van der Waals surface area contributed by atoms with E-state index in [2.05, 4.69) is 10.6 Å². The average Bonchev–Trinajstić information content (AvgIpc) is 2.67. The van der Waals surface area contributed by atoms with E-state index in [9.17, 15) is 9.59 Å². The minimum Gasteiger partial charge on any atom is -0.495 e. The molecule has 168 valence electrons. The van der Waals surface area contributed by atoms with E-state index in [1.54, 1.807) is 13.2 Å². The van der Waals surface area contributed by atoms with Crippen LogP contribution in [0.15, 0.2) is 41.3 Å². The second-order valence-electron chi connectivity index (χ2n) is 8.62. The van der Waals surface area contributed by atoms with Crippen LogP contribution in [0, 0.1) is 12.3 Å². The van der Waals surface area contributed by atoms with E-state index < -0.39 is 0 Å². The molecule has 2 aromatic rings. The van der Waals surface area contributed by atoms with Crippen LogP contribution in [-0.4, -0.2) is 24.2 Å². The van der Waals surface area contributed by atoms with E-state index in [1.807, 2.05) is 65.0 Å². The number of rotatable bonds is 8. The van der Waals surface area contributed by atoms with Gasteiger partial charge in [0.25, 0.3) is 0 Å². The summed E-state index contributed by atoms with van der Waals surface area (Å²) in [7, 11) is 1.54. The molecule has 5 nitrogen and oxygen atoms in total. The molecule has 0 saturated heterocycles. The fourth-order valence-electron chi connectivity index (χ4n) is 2.96. The summed E-state index contributed by atoms with van der Waals surface area (Å²) in [5.74, 6) is 0.381. The predicted octanol–water partition coefficient (Wildman–Crippen LogP) is 6.54. The molecule has 0 radical (unpaired) electrons. The highest BCUT2D eigenvalue weighted by atomic mass is 35.5. The van der Waals surface area contributed by atoms with Gasteiger partial charge in [-0.05, 0) is 48.6 Å². The number of methoxy groups -OCH3 is 1. The first-order valence-electron chi connectivity index (χ1n) is 10.2. The van der Waals surface area contributed by atoms with Crippen molar-refractivity contribution in [1.82, 2.24) is 0 Å². The van der Waals surface area contributed by atoms with Crippen molar-refractivity contribution in [1.29, 1.82) is 0 Å². The summed E-state index contributed by atoms with van der Waals surface area (Å²) in [4.78, 5) is 26.1. The van der Waals surface area contributed by atoms with Crippen LogP contribution in [0.2, 0.25) is 5.02 Å². The molecule has 0 bridgehead atoms. The first-order valence-corrected chi connectivity index (χ1v) is 11.5. The van der Waals surface area contributed by atoms with E-state index in [4.69, 9.17) is 16.3 Å². The van der Waals surface area contributed by atoms with Gasteiger partial charge in [-0.1, -0.05) is 45.4 Å². The molecule has 2 aromatic carbocycles. The third-order valence-electron chi connectivity index (χ3n) is 4.49. The van der Waals surface area contributed by atoms with E-state index in [0.717, 1.165) is 16.1 Å². The maximum atomic E-state index is 12.9. The van der Waals surface area contributed by atoms with Gasteiger partial charge in [0.2, 0.25) is 11.8 Å². The number of anilines is 2. The second-order valence-corrected chi connectivity index (χ2v) is 10.3. The molecule has 7 heteroatoms. The van der Waals surface area contributed by atoms with Crippen molar-refractivity contribution >= 4 is 46.6 Å². The molecular weight excluding hydrogens is 432 g/mol. The predicted molar refractivity (Wildman–Crippen MR) is 130 cm³/mol. The third-order valence-corrected chi connectivity index (χ3v) is 6.25. The zero-order chi connectivity index (χ0) is 23.2. The molecule has 31 heavy (non-hydrogen) atoms. The van der Waals surface area contributed by atoms with Crippen LogP contribution >= 0.6 is 23.4 Å². The standard InChI is InChI=1S/C24H31ClN2O3S/c1-7-21(23(29)27-19-11-15(2)18(25)13-20(19)30-6)31-17-10-8-9-16(12-17)26-22(28)14-24(3,4)5/h8-13,21H,7,14H2,1-6H3,(H,26,28)(H,27,29). The van der Waals surface area contributed by atoms with Crippen molar-refractivity contribution < 1.29 is 14.3 Å². The summed E-state index contributed by atoms with van der Waals surface area (Å²) in [6, 6.07) is 11.1. The Morgan fingerprint density at radius 1 is 1.16 bits per heavy atom. The largest absolute Gasteiger partial charge is 0.495 e. The van der Waals surface area contributed by atoms with E-state index in [0.29, 0.717) is 29.3 Å². The van der Waals surface area contributed by atoms with E-state index >= 15 is 0 Å². The third kappa shape index (κ3) is 7.78. The number of aryl methyl sites for hydroxylation is 1. The fourth-order valence-corrected chi connectivity index (χ4v) is 4.13. The Bertz CT molecular complexity index is 941. The zero-order valence-electron chi connectivity index (χ0n) is 19.0. The molecule has 0 fully saturated rings.